The number of nitrogens with zero attached hydrogens (tertiary/aromatic N) is 3. The van der Waals surface area contributed by atoms with Crippen LogP contribution >= 0.6 is 0 Å². The van der Waals surface area contributed by atoms with Crippen molar-refractivity contribution in [2.45, 2.75) is 39.5 Å². The predicted octanol–water partition coefficient (Wildman–Crippen LogP) is 1.54. The topological polar surface area (TPSA) is 99.1 Å². The van der Waals surface area contributed by atoms with Crippen molar-refractivity contribution in [1.82, 2.24) is 14.3 Å². The maximum absolute atomic E-state index is 13.0. The van der Waals surface area contributed by atoms with Crippen LogP contribution in [-0.2, 0) is 17.5 Å². The van der Waals surface area contributed by atoms with Crippen LogP contribution in [0.2, 0.25) is 0 Å². The Bertz CT molecular complexity index is 908. The second kappa shape index (κ2) is 6.57. The van der Waals surface area contributed by atoms with E-state index in [4.69, 9.17) is 4.52 Å². The van der Waals surface area contributed by atoms with Gasteiger partial charge in [-0.15, -0.1) is 0 Å². The Morgan fingerprint density at radius 2 is 2.00 bits per heavy atom. The van der Waals surface area contributed by atoms with Crippen molar-refractivity contribution >= 4 is 11.7 Å². The van der Waals surface area contributed by atoms with Gasteiger partial charge in [-0.05, 0) is 20.8 Å². The van der Waals surface area contributed by atoms with Gasteiger partial charge in [-0.2, -0.15) is 13.2 Å². The smallest absolute Gasteiger partial charge is 0.360 e. The van der Waals surface area contributed by atoms with Crippen molar-refractivity contribution < 1.29 is 22.5 Å². The Morgan fingerprint density at radius 1 is 1.36 bits per heavy atom. The molecule has 0 radical (unpaired) electrons. The first-order chi connectivity index (χ1) is 11.5. The highest BCUT2D eigenvalue weighted by Gasteiger charge is 2.36. The Labute approximate surface area is 138 Å². The van der Waals surface area contributed by atoms with Crippen LogP contribution in [0, 0.1) is 6.92 Å². The van der Waals surface area contributed by atoms with Crippen LogP contribution in [0.25, 0.3) is 0 Å². The number of alkyl halides is 3. The molecule has 2 heterocycles. The highest BCUT2D eigenvalue weighted by molar-refractivity contribution is 5.89. The lowest BCUT2D eigenvalue weighted by Gasteiger charge is -2.16. The van der Waals surface area contributed by atoms with Crippen molar-refractivity contribution in [3.63, 3.8) is 0 Å². The molecule has 8 nitrogen and oxygen atoms in total. The van der Waals surface area contributed by atoms with E-state index in [2.05, 4.69) is 10.5 Å². The lowest BCUT2D eigenvalue weighted by Crippen LogP contribution is -2.45. The first-order valence-corrected chi connectivity index (χ1v) is 7.17. The molecule has 0 aliphatic carbocycles. The standard InChI is InChI=1S/C14H15F3N4O4/c1-7(2)20-5-9(14(15,16)17)12(23)21(13(20)24)6-11(22)18-10-4-8(3)25-19-10/h4-5,7H,6H2,1-3H3,(H,18,19,22). The van der Waals surface area contributed by atoms with Crippen molar-refractivity contribution in [3.8, 4) is 0 Å². The van der Waals surface area contributed by atoms with Gasteiger partial charge in [-0.25, -0.2) is 4.79 Å². The minimum atomic E-state index is -4.96. The van der Waals surface area contributed by atoms with E-state index in [0.29, 0.717) is 12.0 Å². The highest BCUT2D eigenvalue weighted by atomic mass is 19.4. The molecule has 1 amide bonds. The molecule has 0 atom stereocenters. The van der Waals surface area contributed by atoms with E-state index >= 15 is 0 Å². The fraction of sp³-hybridized carbons (Fsp3) is 0.429. The summed E-state index contributed by atoms with van der Waals surface area (Å²) in [5, 5.41) is 5.73. The molecule has 2 aromatic rings. The molecular weight excluding hydrogens is 345 g/mol. The zero-order valence-corrected chi connectivity index (χ0v) is 13.5. The van der Waals surface area contributed by atoms with Gasteiger partial charge >= 0.3 is 11.9 Å². The van der Waals surface area contributed by atoms with Crippen molar-refractivity contribution in [3.05, 3.63) is 44.4 Å². The maximum Gasteiger partial charge on any atom is 0.423 e. The molecule has 1 N–H and O–H groups in total. The second-order valence-electron chi connectivity index (χ2n) is 5.59. The van der Waals surface area contributed by atoms with E-state index in [1.807, 2.05) is 0 Å². The van der Waals surface area contributed by atoms with Crippen LogP contribution in [0.5, 0.6) is 0 Å². The molecule has 0 saturated carbocycles. The van der Waals surface area contributed by atoms with Crippen molar-refractivity contribution in [2.75, 3.05) is 5.32 Å². The Hall–Kier alpha value is -2.85. The summed E-state index contributed by atoms with van der Waals surface area (Å²) >= 11 is 0. The molecule has 0 aliphatic rings. The lowest BCUT2D eigenvalue weighted by molar-refractivity contribution is -0.139. The molecular formula is C14H15F3N4O4. The lowest BCUT2D eigenvalue weighted by atomic mass is 10.3. The van der Waals surface area contributed by atoms with Gasteiger partial charge in [-0.1, -0.05) is 5.16 Å². The highest BCUT2D eigenvalue weighted by Crippen LogP contribution is 2.26. The molecule has 0 aromatic carbocycles. The zero-order valence-electron chi connectivity index (χ0n) is 13.5. The third kappa shape index (κ3) is 3.98. The number of rotatable bonds is 4. The molecule has 2 rings (SSSR count). The van der Waals surface area contributed by atoms with Crippen LogP contribution in [0.3, 0.4) is 0 Å². The minimum Gasteiger partial charge on any atom is -0.360 e. The van der Waals surface area contributed by atoms with Gasteiger partial charge in [0.25, 0.3) is 5.56 Å². The number of halogens is 3. The molecule has 25 heavy (non-hydrogen) atoms. The molecule has 0 aliphatic heterocycles. The van der Waals surface area contributed by atoms with Gasteiger partial charge in [0.05, 0.1) is 0 Å². The third-order valence-electron chi connectivity index (χ3n) is 3.25. The van der Waals surface area contributed by atoms with E-state index in [-0.39, 0.29) is 10.4 Å². The van der Waals surface area contributed by atoms with Crippen LogP contribution < -0.4 is 16.6 Å². The van der Waals surface area contributed by atoms with Gasteiger partial charge in [0.2, 0.25) is 5.91 Å². The Morgan fingerprint density at radius 3 is 2.48 bits per heavy atom. The van der Waals surface area contributed by atoms with Gasteiger partial charge in [0, 0.05) is 18.3 Å². The number of anilines is 1. The number of amides is 1. The summed E-state index contributed by atoms with van der Waals surface area (Å²) in [6, 6.07) is 0.737. The van der Waals surface area contributed by atoms with E-state index in [0.717, 1.165) is 4.57 Å². The summed E-state index contributed by atoms with van der Waals surface area (Å²) in [6.07, 6.45) is -4.49. The van der Waals surface area contributed by atoms with Crippen molar-refractivity contribution in [2.24, 2.45) is 0 Å². The third-order valence-corrected chi connectivity index (χ3v) is 3.25. The fourth-order valence-corrected chi connectivity index (χ4v) is 2.08. The van der Waals surface area contributed by atoms with Crippen LogP contribution in [0.1, 0.15) is 31.2 Å². The summed E-state index contributed by atoms with van der Waals surface area (Å²) in [7, 11) is 0. The number of aryl methyl sites for hydroxylation is 1. The number of carbonyl (C=O) groups excluding carboxylic acids is 1. The maximum atomic E-state index is 13.0. The average Bonchev–Trinajstić information content (AvgIpc) is 2.86. The van der Waals surface area contributed by atoms with E-state index < -0.39 is 41.5 Å². The summed E-state index contributed by atoms with van der Waals surface area (Å²) in [5.74, 6) is -0.470. The van der Waals surface area contributed by atoms with Crippen LogP contribution in [0.4, 0.5) is 19.0 Å². The average molecular weight is 360 g/mol. The van der Waals surface area contributed by atoms with Crippen LogP contribution in [0.15, 0.2) is 26.4 Å². The summed E-state index contributed by atoms with van der Waals surface area (Å²) < 4.78 is 44.8. The quantitative estimate of drug-likeness (QED) is 0.892. The number of hydrogen-bond acceptors (Lipinski definition) is 5. The molecule has 0 bridgehead atoms. The number of hydrogen-bond donors (Lipinski definition) is 1. The molecule has 0 unspecified atom stereocenters. The van der Waals surface area contributed by atoms with Gasteiger partial charge < -0.3 is 9.84 Å². The molecule has 2 aromatic heterocycles. The zero-order chi connectivity index (χ0) is 18.9. The Balaban J connectivity index is 2.45. The molecule has 0 spiro atoms. The Kier molecular flexibility index (Phi) is 4.86. The van der Waals surface area contributed by atoms with E-state index in [1.54, 1.807) is 6.92 Å². The van der Waals surface area contributed by atoms with E-state index in [9.17, 15) is 27.6 Å². The normalized spacial score (nSPS) is 11.8. The predicted molar refractivity (Wildman–Crippen MR) is 80.2 cm³/mol. The van der Waals surface area contributed by atoms with Gasteiger partial charge in [0.15, 0.2) is 5.82 Å². The SMILES string of the molecule is Cc1cc(NC(=O)Cn2c(=O)c(C(F)(F)F)cn(C(C)C)c2=O)no1. The minimum absolute atomic E-state index is 0.0201. The summed E-state index contributed by atoms with van der Waals surface area (Å²) in [5.41, 5.74) is -4.12. The second-order valence-corrected chi connectivity index (χ2v) is 5.59. The first kappa shape index (κ1) is 18.5. The molecule has 136 valence electrons. The van der Waals surface area contributed by atoms with Crippen LogP contribution in [-0.4, -0.2) is 20.2 Å². The number of aromatic nitrogens is 3. The number of carbonyl (C=O) groups is 1. The van der Waals surface area contributed by atoms with Gasteiger partial charge in [0.1, 0.15) is 17.9 Å². The summed E-state index contributed by atoms with van der Waals surface area (Å²) in [4.78, 5) is 36.2. The monoisotopic (exact) mass is 360 g/mol. The molecule has 0 saturated heterocycles. The van der Waals surface area contributed by atoms with E-state index in [1.165, 1.54) is 19.9 Å². The molecule has 11 heteroatoms. The molecule has 0 fully saturated rings. The van der Waals surface area contributed by atoms with Gasteiger partial charge in [-0.3, -0.25) is 18.7 Å². The summed E-state index contributed by atoms with van der Waals surface area (Å²) in [6.45, 7) is 3.64. The number of nitrogens with one attached hydrogen (secondary N) is 1. The fourth-order valence-electron chi connectivity index (χ4n) is 2.08. The van der Waals surface area contributed by atoms with Crippen molar-refractivity contribution in [1.29, 1.82) is 0 Å². The first-order valence-electron chi connectivity index (χ1n) is 7.17. The largest absolute Gasteiger partial charge is 0.423 e.